The number of rotatable bonds is 4. The summed E-state index contributed by atoms with van der Waals surface area (Å²) in [6.45, 7) is 6.56. The third kappa shape index (κ3) is 3.75. The maximum atomic E-state index is 13.4. The molecule has 1 aromatic carbocycles. The summed E-state index contributed by atoms with van der Waals surface area (Å²) >= 11 is 0. The number of aromatic nitrogens is 1. The molecule has 3 aliphatic heterocycles. The first-order chi connectivity index (χ1) is 15.0. The number of fused-ring (bicyclic) bond motifs is 4. The van der Waals surface area contributed by atoms with Crippen LogP contribution in [-0.4, -0.2) is 59.7 Å². The van der Waals surface area contributed by atoms with Crippen LogP contribution in [0.1, 0.15) is 53.1 Å². The van der Waals surface area contributed by atoms with Crippen molar-refractivity contribution < 1.29 is 14.1 Å². The Kier molecular flexibility index (Phi) is 5.51. The molecule has 2 aromatic rings. The number of aryl methyl sites for hydroxylation is 2. The molecule has 166 valence electrons. The van der Waals surface area contributed by atoms with E-state index >= 15 is 0 Å². The van der Waals surface area contributed by atoms with Crippen LogP contribution in [0.2, 0.25) is 0 Å². The Balaban J connectivity index is 1.42. The zero-order valence-electron chi connectivity index (χ0n) is 18.8. The zero-order chi connectivity index (χ0) is 21.5. The van der Waals surface area contributed by atoms with Gasteiger partial charge in [-0.1, -0.05) is 23.7 Å². The van der Waals surface area contributed by atoms with Crippen molar-refractivity contribution in [3.8, 4) is 5.75 Å². The van der Waals surface area contributed by atoms with Gasteiger partial charge in [0.25, 0.3) is 5.91 Å². The maximum absolute atomic E-state index is 13.4. The van der Waals surface area contributed by atoms with Crippen LogP contribution in [0.3, 0.4) is 0 Å². The first-order valence-corrected chi connectivity index (χ1v) is 11.7. The number of piperidine rings is 3. The summed E-state index contributed by atoms with van der Waals surface area (Å²) < 4.78 is 10.8. The number of methoxy groups -OCH3 is 1. The van der Waals surface area contributed by atoms with E-state index in [-0.39, 0.29) is 5.91 Å². The van der Waals surface area contributed by atoms with E-state index in [0.717, 1.165) is 25.3 Å². The monoisotopic (exact) mass is 423 g/mol. The highest BCUT2D eigenvalue weighted by Crippen LogP contribution is 2.42. The van der Waals surface area contributed by atoms with Crippen LogP contribution in [0.5, 0.6) is 5.75 Å². The first kappa shape index (κ1) is 20.6. The van der Waals surface area contributed by atoms with Gasteiger partial charge in [-0.15, -0.1) is 0 Å². The predicted molar refractivity (Wildman–Crippen MR) is 118 cm³/mol. The first-order valence-electron chi connectivity index (χ1n) is 11.7. The number of hydrogen-bond donors (Lipinski definition) is 0. The lowest BCUT2D eigenvalue weighted by Gasteiger charge is -2.57. The molecule has 4 atom stereocenters. The quantitative estimate of drug-likeness (QED) is 0.747. The van der Waals surface area contributed by atoms with E-state index < -0.39 is 0 Å². The fourth-order valence-electron chi connectivity index (χ4n) is 6.34. The largest absolute Gasteiger partial charge is 0.497 e. The highest BCUT2D eigenvalue weighted by atomic mass is 16.5. The predicted octanol–water partition coefficient (Wildman–Crippen LogP) is 3.86. The van der Waals surface area contributed by atoms with Gasteiger partial charge in [0.2, 0.25) is 0 Å². The zero-order valence-corrected chi connectivity index (χ0v) is 18.8. The Hall–Kier alpha value is -2.34. The van der Waals surface area contributed by atoms with Crippen LogP contribution in [0.25, 0.3) is 0 Å². The molecule has 31 heavy (non-hydrogen) atoms. The number of ether oxygens (including phenoxy) is 1. The Morgan fingerprint density at radius 3 is 2.84 bits per heavy atom. The molecule has 0 aliphatic carbocycles. The lowest BCUT2D eigenvalue weighted by atomic mass is 9.71. The minimum Gasteiger partial charge on any atom is -0.497 e. The van der Waals surface area contributed by atoms with Gasteiger partial charge >= 0.3 is 0 Å². The fourth-order valence-corrected chi connectivity index (χ4v) is 6.34. The number of carbonyl (C=O) groups is 1. The van der Waals surface area contributed by atoms with E-state index in [1.165, 1.54) is 37.8 Å². The third-order valence-electron chi connectivity index (χ3n) is 7.74. The van der Waals surface area contributed by atoms with Crippen LogP contribution < -0.4 is 4.74 Å². The minimum absolute atomic E-state index is 0.0929. The van der Waals surface area contributed by atoms with Crippen molar-refractivity contribution in [1.82, 2.24) is 15.0 Å². The van der Waals surface area contributed by atoms with E-state index in [4.69, 9.17) is 9.26 Å². The second-order valence-corrected chi connectivity index (χ2v) is 9.59. The Morgan fingerprint density at radius 2 is 2.06 bits per heavy atom. The summed E-state index contributed by atoms with van der Waals surface area (Å²) in [7, 11) is 1.73. The minimum atomic E-state index is 0.0929. The molecule has 1 amide bonds. The Labute approximate surface area is 184 Å². The summed E-state index contributed by atoms with van der Waals surface area (Å²) in [5.74, 6) is 2.69. The van der Waals surface area contributed by atoms with Gasteiger partial charge in [0.15, 0.2) is 0 Å². The average molecular weight is 424 g/mol. The van der Waals surface area contributed by atoms with Crippen LogP contribution in [0, 0.1) is 25.7 Å². The summed E-state index contributed by atoms with van der Waals surface area (Å²) in [6, 6.07) is 9.52. The molecule has 0 unspecified atom stereocenters. The fraction of sp³-hybridized carbons (Fsp3) is 0.600. The number of hydrogen-bond acceptors (Lipinski definition) is 5. The van der Waals surface area contributed by atoms with Crippen LogP contribution in [0.4, 0.5) is 0 Å². The topological polar surface area (TPSA) is 58.8 Å². The van der Waals surface area contributed by atoms with Crippen LogP contribution >= 0.6 is 0 Å². The summed E-state index contributed by atoms with van der Waals surface area (Å²) in [4.78, 5) is 18.3. The second kappa shape index (κ2) is 8.30. The van der Waals surface area contributed by atoms with Crippen LogP contribution in [0.15, 0.2) is 28.8 Å². The molecule has 3 fully saturated rings. The van der Waals surface area contributed by atoms with Gasteiger partial charge in [-0.3, -0.25) is 9.69 Å². The molecule has 2 bridgehead atoms. The van der Waals surface area contributed by atoms with Crippen molar-refractivity contribution in [2.24, 2.45) is 11.8 Å². The van der Waals surface area contributed by atoms with Gasteiger partial charge in [-0.2, -0.15) is 0 Å². The van der Waals surface area contributed by atoms with Gasteiger partial charge in [-0.25, -0.2) is 0 Å². The average Bonchev–Trinajstić information content (AvgIpc) is 3.14. The SMILES string of the molecule is COc1cccc(C[C@H]2[C@H]3C[C@H](CN(C(=O)c4c(C)noc4C)C3)[C@@H]3CCCCN32)c1. The van der Waals surface area contributed by atoms with Gasteiger partial charge in [0.1, 0.15) is 17.1 Å². The maximum Gasteiger partial charge on any atom is 0.259 e. The Bertz CT molecular complexity index is 936. The lowest BCUT2D eigenvalue weighted by molar-refractivity contribution is -0.0642. The van der Waals surface area contributed by atoms with Gasteiger partial charge < -0.3 is 14.2 Å². The van der Waals surface area contributed by atoms with Crippen LogP contribution in [-0.2, 0) is 6.42 Å². The molecule has 0 radical (unpaired) electrons. The molecule has 0 spiro atoms. The number of benzene rings is 1. The molecule has 4 heterocycles. The molecule has 5 rings (SSSR count). The number of amides is 1. The standard InChI is InChI=1S/C25H33N3O3/c1-16-24(17(2)31-26-16)25(29)27-14-19-13-20(15-27)23(28-10-5-4-9-22(19)28)12-18-7-6-8-21(11-18)30-3/h6-8,11,19-20,22-23H,4-5,9-10,12-15H2,1-3H3/t19-,20+,22+,23+/m1/s1. The normalized spacial score (nSPS) is 28.3. The number of likely N-dealkylation sites (tertiary alicyclic amines) is 1. The van der Waals surface area contributed by atoms with E-state index in [1.807, 2.05) is 19.9 Å². The molecule has 1 aromatic heterocycles. The van der Waals surface area contributed by atoms with Crippen molar-refractivity contribution in [3.05, 3.63) is 46.8 Å². The molecular weight excluding hydrogens is 390 g/mol. The van der Waals surface area contributed by atoms with Gasteiger partial charge in [0, 0.05) is 25.2 Å². The van der Waals surface area contributed by atoms with E-state index in [1.54, 1.807) is 7.11 Å². The molecule has 0 saturated carbocycles. The van der Waals surface area contributed by atoms with Crippen molar-refractivity contribution in [2.45, 2.75) is 58.0 Å². The highest BCUT2D eigenvalue weighted by Gasteiger charge is 2.48. The smallest absolute Gasteiger partial charge is 0.259 e. The van der Waals surface area contributed by atoms with Gasteiger partial charge in [-0.05, 0) is 75.6 Å². The summed E-state index contributed by atoms with van der Waals surface area (Å²) in [5, 5.41) is 4.01. The molecule has 6 nitrogen and oxygen atoms in total. The lowest BCUT2D eigenvalue weighted by Crippen LogP contribution is -2.64. The summed E-state index contributed by atoms with van der Waals surface area (Å²) in [5.41, 5.74) is 2.68. The van der Waals surface area contributed by atoms with E-state index in [0.29, 0.717) is 40.9 Å². The van der Waals surface area contributed by atoms with E-state index in [9.17, 15) is 4.79 Å². The van der Waals surface area contributed by atoms with Crippen molar-refractivity contribution in [2.75, 3.05) is 26.7 Å². The second-order valence-electron chi connectivity index (χ2n) is 9.59. The summed E-state index contributed by atoms with van der Waals surface area (Å²) in [6.07, 6.45) is 6.07. The Morgan fingerprint density at radius 1 is 1.23 bits per heavy atom. The van der Waals surface area contributed by atoms with Crippen molar-refractivity contribution >= 4 is 5.91 Å². The molecule has 6 heteroatoms. The molecular formula is C25H33N3O3. The third-order valence-corrected chi connectivity index (χ3v) is 7.74. The number of carbonyl (C=O) groups excluding carboxylic acids is 1. The molecule has 3 aliphatic rings. The van der Waals surface area contributed by atoms with E-state index in [2.05, 4.69) is 33.2 Å². The van der Waals surface area contributed by atoms with Crippen molar-refractivity contribution in [1.29, 1.82) is 0 Å². The number of nitrogens with zero attached hydrogens (tertiary/aromatic N) is 3. The molecule has 0 N–H and O–H groups in total. The highest BCUT2D eigenvalue weighted by molar-refractivity contribution is 5.96. The van der Waals surface area contributed by atoms with Crippen molar-refractivity contribution in [3.63, 3.8) is 0 Å². The van der Waals surface area contributed by atoms with Gasteiger partial charge in [0.05, 0.1) is 12.8 Å². The molecule has 3 saturated heterocycles.